The van der Waals surface area contributed by atoms with Crippen molar-refractivity contribution in [2.24, 2.45) is 0 Å². The first-order valence-corrected chi connectivity index (χ1v) is 13.2. The molecule has 1 amide bonds. The predicted octanol–water partition coefficient (Wildman–Crippen LogP) is 1.70. The van der Waals surface area contributed by atoms with Gasteiger partial charge in [-0.15, -0.1) is 0 Å². The Balaban J connectivity index is 1.84. The molecule has 0 unspecified atom stereocenters. The fourth-order valence-corrected chi connectivity index (χ4v) is 7.25. The van der Waals surface area contributed by atoms with E-state index in [0.717, 1.165) is 6.42 Å². The number of benzene rings is 1. The Morgan fingerprint density at radius 2 is 1.70 bits per heavy atom. The molecule has 168 valence electrons. The molecule has 1 aromatic rings. The fraction of sp³-hybridized carbons (Fsp3) is 0.632. The molecular weight excluding hydrogens is 430 g/mol. The van der Waals surface area contributed by atoms with Gasteiger partial charge in [0.25, 0.3) is 0 Å². The van der Waals surface area contributed by atoms with Crippen LogP contribution in [0.3, 0.4) is 0 Å². The number of amides is 1. The van der Waals surface area contributed by atoms with E-state index < -0.39 is 26.1 Å². The third-order valence-electron chi connectivity index (χ3n) is 5.49. The van der Waals surface area contributed by atoms with Gasteiger partial charge in [-0.25, -0.2) is 21.6 Å². The molecule has 2 saturated heterocycles. The Morgan fingerprint density at radius 3 is 2.30 bits per heavy atom. The summed E-state index contributed by atoms with van der Waals surface area (Å²) < 4.78 is 59.1. The van der Waals surface area contributed by atoms with E-state index in [9.17, 15) is 21.6 Å². The molecule has 0 radical (unpaired) electrons. The van der Waals surface area contributed by atoms with Crippen molar-refractivity contribution in [1.82, 2.24) is 9.21 Å². The minimum absolute atomic E-state index is 0.107. The van der Waals surface area contributed by atoms with E-state index in [2.05, 4.69) is 0 Å². The molecule has 11 heteroatoms. The monoisotopic (exact) mass is 459 g/mol. The molecule has 0 atom stereocenters. The number of rotatable bonds is 4. The number of hydrogen-bond acceptors (Lipinski definition) is 6. The van der Waals surface area contributed by atoms with E-state index in [4.69, 9.17) is 4.74 Å². The molecular formula is C19H29N3O6S2. The van der Waals surface area contributed by atoms with E-state index in [1.807, 2.05) is 0 Å². The Bertz CT molecular complexity index is 1010. The predicted molar refractivity (Wildman–Crippen MR) is 114 cm³/mol. The van der Waals surface area contributed by atoms with Crippen LogP contribution in [-0.4, -0.2) is 77.2 Å². The molecule has 30 heavy (non-hydrogen) atoms. The van der Waals surface area contributed by atoms with Crippen molar-refractivity contribution in [2.45, 2.75) is 38.5 Å². The highest BCUT2D eigenvalue weighted by Gasteiger charge is 2.33. The van der Waals surface area contributed by atoms with Crippen molar-refractivity contribution in [2.75, 3.05) is 49.4 Å². The van der Waals surface area contributed by atoms with Gasteiger partial charge in [0, 0.05) is 32.7 Å². The second-order valence-corrected chi connectivity index (χ2v) is 11.5. The number of ether oxygens (including phenoxy) is 1. The van der Waals surface area contributed by atoms with Gasteiger partial charge in [-0.05, 0) is 56.9 Å². The molecule has 0 spiro atoms. The minimum atomic E-state index is -3.77. The van der Waals surface area contributed by atoms with Crippen LogP contribution in [0.25, 0.3) is 0 Å². The van der Waals surface area contributed by atoms with Crippen LogP contribution >= 0.6 is 0 Å². The average Bonchev–Trinajstić information content (AvgIpc) is 2.69. The zero-order valence-corrected chi connectivity index (χ0v) is 19.3. The fourth-order valence-electron chi connectivity index (χ4n) is 3.85. The van der Waals surface area contributed by atoms with Gasteiger partial charge in [-0.1, -0.05) is 0 Å². The Kier molecular flexibility index (Phi) is 6.63. The highest BCUT2D eigenvalue weighted by molar-refractivity contribution is 7.92. The van der Waals surface area contributed by atoms with Crippen molar-refractivity contribution in [3.63, 3.8) is 0 Å². The van der Waals surface area contributed by atoms with Crippen LogP contribution < -0.4 is 4.31 Å². The molecule has 0 N–H and O–H groups in total. The van der Waals surface area contributed by atoms with Crippen LogP contribution in [-0.2, 0) is 24.8 Å². The lowest BCUT2D eigenvalue weighted by molar-refractivity contribution is 0.0934. The van der Waals surface area contributed by atoms with E-state index in [-0.39, 0.29) is 43.4 Å². The third kappa shape index (κ3) is 4.42. The third-order valence-corrected chi connectivity index (χ3v) is 9.39. The van der Waals surface area contributed by atoms with E-state index >= 15 is 0 Å². The number of carbonyl (C=O) groups excluding carboxylic acids is 1. The zero-order valence-electron chi connectivity index (χ0n) is 17.6. The SMILES string of the molecule is CCOC(=O)N1CCN(S(=O)(=O)c2cc(C)c(N3CCCCS3(=O)=O)cc2C)CC1. The molecule has 0 aliphatic carbocycles. The molecule has 2 aliphatic heterocycles. The molecule has 0 bridgehead atoms. The lowest BCUT2D eigenvalue weighted by Crippen LogP contribution is -2.50. The molecule has 0 aromatic heterocycles. The van der Waals surface area contributed by atoms with E-state index in [1.165, 1.54) is 13.5 Å². The first-order valence-electron chi connectivity index (χ1n) is 10.1. The number of hydrogen-bond donors (Lipinski definition) is 0. The van der Waals surface area contributed by atoms with Crippen molar-refractivity contribution >= 4 is 31.8 Å². The summed E-state index contributed by atoms with van der Waals surface area (Å²) in [5.41, 5.74) is 1.65. The number of sulfonamides is 2. The lowest BCUT2D eigenvalue weighted by atomic mass is 10.1. The summed E-state index contributed by atoms with van der Waals surface area (Å²) in [5, 5.41) is 0. The summed E-state index contributed by atoms with van der Waals surface area (Å²) in [6, 6.07) is 3.21. The van der Waals surface area contributed by atoms with Crippen molar-refractivity contribution in [1.29, 1.82) is 0 Å². The molecule has 9 nitrogen and oxygen atoms in total. The first-order chi connectivity index (χ1) is 14.1. The van der Waals surface area contributed by atoms with Gasteiger partial charge in [-0.2, -0.15) is 4.31 Å². The first kappa shape index (κ1) is 22.8. The number of piperazine rings is 1. The second kappa shape index (κ2) is 8.72. The second-order valence-electron chi connectivity index (χ2n) is 7.59. The van der Waals surface area contributed by atoms with Crippen LogP contribution in [0.2, 0.25) is 0 Å². The largest absolute Gasteiger partial charge is 0.450 e. The number of carbonyl (C=O) groups is 1. The maximum Gasteiger partial charge on any atom is 0.409 e. The van der Waals surface area contributed by atoms with Crippen LogP contribution in [0.5, 0.6) is 0 Å². The van der Waals surface area contributed by atoms with Gasteiger partial charge in [-0.3, -0.25) is 4.31 Å². The summed E-state index contributed by atoms with van der Waals surface area (Å²) in [4.78, 5) is 13.5. The normalized spacial score (nSPS) is 20.2. The van der Waals surface area contributed by atoms with Gasteiger partial charge in [0.2, 0.25) is 20.0 Å². The summed E-state index contributed by atoms with van der Waals surface area (Å²) in [5.74, 6) is 0.107. The highest BCUT2D eigenvalue weighted by atomic mass is 32.2. The molecule has 2 fully saturated rings. The summed E-state index contributed by atoms with van der Waals surface area (Å²) >= 11 is 0. The minimum Gasteiger partial charge on any atom is -0.450 e. The standard InChI is InChI=1S/C19H29N3O6S2/c1-4-28-19(23)20-8-10-21(11-9-20)30(26,27)18-14-15(2)17(13-16(18)3)22-7-5-6-12-29(22,24)25/h13-14H,4-12H2,1-3H3. The van der Waals surface area contributed by atoms with Crippen LogP contribution in [0.4, 0.5) is 10.5 Å². The lowest BCUT2D eigenvalue weighted by Gasteiger charge is -2.34. The summed E-state index contributed by atoms with van der Waals surface area (Å²) in [6.07, 6.45) is 0.984. The van der Waals surface area contributed by atoms with Gasteiger partial charge < -0.3 is 9.64 Å². The van der Waals surface area contributed by atoms with Crippen LogP contribution in [0.1, 0.15) is 30.9 Å². The number of aryl methyl sites for hydroxylation is 2. The molecule has 2 heterocycles. The van der Waals surface area contributed by atoms with Crippen molar-refractivity contribution in [3.05, 3.63) is 23.3 Å². The van der Waals surface area contributed by atoms with Gasteiger partial charge in [0.15, 0.2) is 0 Å². The van der Waals surface area contributed by atoms with E-state index in [1.54, 1.807) is 32.9 Å². The zero-order chi connectivity index (χ0) is 22.1. The maximum absolute atomic E-state index is 13.2. The van der Waals surface area contributed by atoms with Gasteiger partial charge in [0.05, 0.1) is 22.9 Å². The highest BCUT2D eigenvalue weighted by Crippen LogP contribution is 2.32. The molecule has 1 aromatic carbocycles. The summed E-state index contributed by atoms with van der Waals surface area (Å²) in [6.45, 7) is 6.71. The number of anilines is 1. The average molecular weight is 460 g/mol. The number of nitrogens with zero attached hydrogens (tertiary/aromatic N) is 3. The Morgan fingerprint density at radius 1 is 1.03 bits per heavy atom. The van der Waals surface area contributed by atoms with Gasteiger partial charge >= 0.3 is 6.09 Å². The maximum atomic E-state index is 13.2. The summed E-state index contributed by atoms with van der Waals surface area (Å²) in [7, 11) is -7.15. The topological polar surface area (TPSA) is 104 Å². The smallest absolute Gasteiger partial charge is 0.409 e. The Labute approximate surface area is 178 Å². The van der Waals surface area contributed by atoms with Gasteiger partial charge in [0.1, 0.15) is 0 Å². The molecule has 3 rings (SSSR count). The quantitative estimate of drug-likeness (QED) is 0.679. The molecule has 0 saturated carbocycles. The molecule has 2 aliphatic rings. The van der Waals surface area contributed by atoms with Crippen molar-refractivity contribution in [3.8, 4) is 0 Å². The van der Waals surface area contributed by atoms with E-state index in [0.29, 0.717) is 29.8 Å². The van der Waals surface area contributed by atoms with Crippen LogP contribution in [0.15, 0.2) is 17.0 Å². The van der Waals surface area contributed by atoms with Crippen LogP contribution in [0, 0.1) is 13.8 Å². The Hall–Kier alpha value is -1.85. The van der Waals surface area contributed by atoms with Crippen molar-refractivity contribution < 1.29 is 26.4 Å².